The molecule has 0 unspecified atom stereocenters. The molecule has 0 spiro atoms. The van der Waals surface area contributed by atoms with Gasteiger partial charge in [0, 0.05) is 5.02 Å². The Kier molecular flexibility index (Phi) is 4.37. The van der Waals surface area contributed by atoms with Crippen LogP contribution in [0.3, 0.4) is 0 Å². The highest BCUT2D eigenvalue weighted by Crippen LogP contribution is 2.27. The Hall–Kier alpha value is -0.820. The third-order valence-corrected chi connectivity index (χ3v) is 4.95. The largest absolute Gasteiger partial charge is 0.293 e. The lowest BCUT2D eigenvalue weighted by atomic mass is 10.4. The smallest absolute Gasteiger partial charge is 0.252 e. The number of amides is 1. The topological polar surface area (TPSA) is 89.3 Å². The van der Waals surface area contributed by atoms with Crippen molar-refractivity contribution in [2.75, 3.05) is 0 Å². The van der Waals surface area contributed by atoms with Crippen molar-refractivity contribution in [3.05, 3.63) is 28.2 Å². The van der Waals surface area contributed by atoms with E-state index in [4.69, 9.17) is 29.0 Å². The minimum atomic E-state index is -3.88. The highest BCUT2D eigenvalue weighted by atomic mass is 35.5. The van der Waals surface area contributed by atoms with E-state index in [2.05, 4.69) is 0 Å². The van der Waals surface area contributed by atoms with Gasteiger partial charge >= 0.3 is 0 Å². The summed E-state index contributed by atoms with van der Waals surface area (Å²) in [4.78, 5) is 11.1. The predicted molar refractivity (Wildman–Crippen MR) is 65.4 cm³/mol. The molecule has 1 aromatic rings. The van der Waals surface area contributed by atoms with E-state index in [0.717, 1.165) is 0 Å². The number of nitrogens with two attached hydrogens (primary N) is 1. The molecule has 0 radical (unpaired) electrons. The van der Waals surface area contributed by atoms with Crippen LogP contribution in [-0.4, -0.2) is 19.6 Å². The number of carbonyl (C=O) groups is 1. The number of hydrogen-bond acceptors (Lipinski definition) is 4. The number of sulfone groups is 1. The summed E-state index contributed by atoms with van der Waals surface area (Å²) in [6.07, 6.45) is 0. The summed E-state index contributed by atoms with van der Waals surface area (Å²) < 4.78 is 24.0. The Morgan fingerprint density at radius 3 is 2.47 bits per heavy atom. The molecule has 0 aromatic heterocycles. The summed E-state index contributed by atoms with van der Waals surface area (Å²) >= 11 is 11.4. The molecule has 1 rings (SSSR count). The van der Waals surface area contributed by atoms with Crippen LogP contribution in [0.5, 0.6) is 0 Å². The number of rotatable bonds is 3. The molecule has 5 nitrogen and oxygen atoms in total. The average Bonchev–Trinajstić information content (AvgIpc) is 2.26. The Balaban J connectivity index is 3.27. The molecule has 0 bridgehead atoms. The molecular formula is C9H10Cl2N2O3S. The molecule has 0 aliphatic carbocycles. The number of nitrogens with one attached hydrogen (secondary N) is 1. The van der Waals surface area contributed by atoms with Crippen LogP contribution in [0.25, 0.3) is 0 Å². The molecule has 1 amide bonds. The summed E-state index contributed by atoms with van der Waals surface area (Å²) in [6.45, 7) is 1.22. The van der Waals surface area contributed by atoms with E-state index in [-0.39, 0.29) is 9.92 Å². The van der Waals surface area contributed by atoms with Crippen LogP contribution in [-0.2, 0) is 14.6 Å². The van der Waals surface area contributed by atoms with Crippen molar-refractivity contribution in [2.24, 2.45) is 5.84 Å². The zero-order valence-electron chi connectivity index (χ0n) is 8.78. The van der Waals surface area contributed by atoms with Crippen molar-refractivity contribution in [1.29, 1.82) is 0 Å². The first-order chi connectivity index (χ1) is 7.80. The molecule has 0 aliphatic heterocycles. The zero-order valence-corrected chi connectivity index (χ0v) is 11.1. The minimum Gasteiger partial charge on any atom is -0.293 e. The molecule has 94 valence electrons. The maximum atomic E-state index is 12.0. The van der Waals surface area contributed by atoms with Crippen LogP contribution in [0.4, 0.5) is 0 Å². The molecule has 0 fully saturated rings. The van der Waals surface area contributed by atoms with Crippen LogP contribution in [0, 0.1) is 0 Å². The molecule has 1 aromatic carbocycles. The summed E-state index contributed by atoms with van der Waals surface area (Å²) in [5, 5.41) is -1.05. The lowest BCUT2D eigenvalue weighted by Gasteiger charge is -2.12. The number of halogens is 2. The molecular weight excluding hydrogens is 287 g/mol. The van der Waals surface area contributed by atoms with Gasteiger partial charge in [0.25, 0.3) is 5.91 Å². The molecule has 17 heavy (non-hydrogen) atoms. The molecule has 0 saturated carbocycles. The zero-order chi connectivity index (χ0) is 13.2. The minimum absolute atomic E-state index is 0.0332. The van der Waals surface area contributed by atoms with Gasteiger partial charge < -0.3 is 0 Å². The summed E-state index contributed by atoms with van der Waals surface area (Å²) in [7, 11) is -3.88. The van der Waals surface area contributed by atoms with E-state index in [9.17, 15) is 13.2 Å². The SMILES string of the molecule is C[C@@H](C(=O)NN)S(=O)(=O)c1ccc(Cl)cc1Cl. The second-order valence-electron chi connectivity index (χ2n) is 3.27. The fourth-order valence-corrected chi connectivity index (χ4v) is 3.20. The van der Waals surface area contributed by atoms with Crippen molar-refractivity contribution >= 4 is 38.9 Å². The Morgan fingerprint density at radius 1 is 1.41 bits per heavy atom. The third kappa shape index (κ3) is 2.90. The van der Waals surface area contributed by atoms with Gasteiger partial charge in [-0.1, -0.05) is 23.2 Å². The highest BCUT2D eigenvalue weighted by molar-refractivity contribution is 7.92. The van der Waals surface area contributed by atoms with Crippen molar-refractivity contribution in [3.8, 4) is 0 Å². The van der Waals surface area contributed by atoms with Gasteiger partial charge in [0.05, 0.1) is 9.92 Å². The van der Waals surface area contributed by atoms with Crippen molar-refractivity contribution in [1.82, 2.24) is 5.43 Å². The first kappa shape index (κ1) is 14.2. The molecule has 0 aliphatic rings. The quantitative estimate of drug-likeness (QED) is 0.497. The molecule has 8 heteroatoms. The maximum absolute atomic E-state index is 12.0. The number of hydrazine groups is 1. The predicted octanol–water partition coefficient (Wildman–Crippen LogP) is 1.15. The Labute approximate surface area is 109 Å². The fraction of sp³-hybridized carbons (Fsp3) is 0.222. The lowest BCUT2D eigenvalue weighted by Crippen LogP contribution is -2.41. The number of carbonyl (C=O) groups excluding carboxylic acids is 1. The highest BCUT2D eigenvalue weighted by Gasteiger charge is 2.31. The molecule has 1 atom stereocenters. The van der Waals surface area contributed by atoms with Crippen molar-refractivity contribution < 1.29 is 13.2 Å². The molecule has 0 saturated heterocycles. The molecule has 3 N–H and O–H groups in total. The van der Waals surface area contributed by atoms with Crippen LogP contribution in [0.2, 0.25) is 10.0 Å². The maximum Gasteiger partial charge on any atom is 0.252 e. The van der Waals surface area contributed by atoms with E-state index < -0.39 is 21.0 Å². The van der Waals surface area contributed by atoms with Gasteiger partial charge in [-0.3, -0.25) is 10.2 Å². The lowest BCUT2D eigenvalue weighted by molar-refractivity contribution is -0.120. The van der Waals surface area contributed by atoms with Gasteiger partial charge in [-0.15, -0.1) is 0 Å². The van der Waals surface area contributed by atoms with Gasteiger partial charge in [-0.05, 0) is 25.1 Å². The van der Waals surface area contributed by atoms with E-state index in [1.807, 2.05) is 0 Å². The van der Waals surface area contributed by atoms with Crippen LogP contribution < -0.4 is 11.3 Å². The fourth-order valence-electron chi connectivity index (χ4n) is 1.15. The van der Waals surface area contributed by atoms with Gasteiger partial charge in [0.1, 0.15) is 5.25 Å². The standard InChI is InChI=1S/C9H10Cl2N2O3S/c1-5(9(14)13-12)17(15,16)8-3-2-6(10)4-7(8)11/h2-5H,12H2,1H3,(H,13,14)/t5-/m0/s1. The van der Waals surface area contributed by atoms with Crippen molar-refractivity contribution in [2.45, 2.75) is 17.1 Å². The van der Waals surface area contributed by atoms with Gasteiger partial charge in [-0.25, -0.2) is 14.3 Å². The van der Waals surface area contributed by atoms with Gasteiger partial charge in [0.2, 0.25) is 0 Å². The average molecular weight is 297 g/mol. The van der Waals surface area contributed by atoms with Crippen molar-refractivity contribution in [3.63, 3.8) is 0 Å². The van der Waals surface area contributed by atoms with Crippen LogP contribution >= 0.6 is 23.2 Å². The molecule has 0 heterocycles. The summed E-state index contributed by atoms with van der Waals surface area (Å²) in [5.74, 6) is 4.08. The van der Waals surface area contributed by atoms with E-state index in [1.165, 1.54) is 25.1 Å². The second-order valence-corrected chi connectivity index (χ2v) is 6.35. The van der Waals surface area contributed by atoms with E-state index >= 15 is 0 Å². The normalized spacial score (nSPS) is 13.2. The van der Waals surface area contributed by atoms with Crippen LogP contribution in [0.1, 0.15) is 6.92 Å². The first-order valence-corrected chi connectivity index (χ1v) is 6.80. The van der Waals surface area contributed by atoms with Gasteiger partial charge in [-0.2, -0.15) is 0 Å². The monoisotopic (exact) mass is 296 g/mol. The van der Waals surface area contributed by atoms with Gasteiger partial charge in [0.15, 0.2) is 9.84 Å². The number of benzene rings is 1. The second kappa shape index (κ2) is 5.22. The Bertz CT molecular complexity index is 545. The van der Waals surface area contributed by atoms with E-state index in [1.54, 1.807) is 5.43 Å². The summed E-state index contributed by atoms with van der Waals surface area (Å²) in [5.41, 5.74) is 1.78. The summed E-state index contributed by atoms with van der Waals surface area (Å²) in [6, 6.07) is 3.93. The van der Waals surface area contributed by atoms with E-state index in [0.29, 0.717) is 5.02 Å². The number of hydrogen-bond donors (Lipinski definition) is 2. The third-order valence-electron chi connectivity index (χ3n) is 2.18. The van der Waals surface area contributed by atoms with Crippen LogP contribution in [0.15, 0.2) is 23.1 Å². The first-order valence-electron chi connectivity index (χ1n) is 4.50. The Morgan fingerprint density at radius 2 is 2.00 bits per heavy atom.